The minimum absolute atomic E-state index is 0.410. The third-order valence-electron chi connectivity index (χ3n) is 5.55. The molecule has 0 aromatic heterocycles. The minimum atomic E-state index is -0.505. The summed E-state index contributed by atoms with van der Waals surface area (Å²) in [5, 5.41) is 11.0. The predicted molar refractivity (Wildman–Crippen MR) is 79.4 cm³/mol. The van der Waals surface area contributed by atoms with Crippen molar-refractivity contribution < 1.29 is 5.11 Å². The first-order valence-corrected chi connectivity index (χ1v) is 7.83. The van der Waals surface area contributed by atoms with E-state index in [4.69, 9.17) is 0 Å². The van der Waals surface area contributed by atoms with E-state index >= 15 is 0 Å². The van der Waals surface area contributed by atoms with E-state index in [1.54, 1.807) is 0 Å². The van der Waals surface area contributed by atoms with Crippen LogP contribution in [-0.2, 0) is 0 Å². The molecule has 1 heteroatoms. The molecule has 0 aromatic carbocycles. The van der Waals surface area contributed by atoms with Gasteiger partial charge in [0, 0.05) is 0 Å². The lowest BCUT2D eigenvalue weighted by molar-refractivity contribution is -0.151. The van der Waals surface area contributed by atoms with E-state index in [2.05, 4.69) is 55.4 Å². The molecule has 4 unspecified atom stereocenters. The molecular weight excluding hydrogens is 220 g/mol. The highest BCUT2D eigenvalue weighted by atomic mass is 16.3. The summed E-state index contributed by atoms with van der Waals surface area (Å²) in [4.78, 5) is 0. The fourth-order valence-corrected chi connectivity index (χ4v) is 4.53. The Kier molecular flexibility index (Phi) is 4.92. The average Bonchev–Trinajstić information content (AvgIpc) is 2.19. The standard InChI is InChI=1S/C17H34O/c1-10(2)14-9-13(7)17(8,18)16(12(5)6)15(14)11(3)4/h10-16,18H,9H2,1-8H3/t13?,14-,15?,16?,17?/m1/s1. The van der Waals surface area contributed by atoms with Gasteiger partial charge in [0.05, 0.1) is 5.60 Å². The van der Waals surface area contributed by atoms with Gasteiger partial charge in [-0.25, -0.2) is 0 Å². The Balaban J connectivity index is 3.17. The maximum Gasteiger partial charge on any atom is 0.0678 e. The van der Waals surface area contributed by atoms with E-state index in [0.29, 0.717) is 29.6 Å². The van der Waals surface area contributed by atoms with Crippen LogP contribution in [-0.4, -0.2) is 10.7 Å². The van der Waals surface area contributed by atoms with E-state index in [1.807, 2.05) is 0 Å². The lowest BCUT2D eigenvalue weighted by Gasteiger charge is -2.55. The zero-order valence-corrected chi connectivity index (χ0v) is 13.7. The van der Waals surface area contributed by atoms with Gasteiger partial charge in [0.1, 0.15) is 0 Å². The van der Waals surface area contributed by atoms with Crippen molar-refractivity contribution in [2.75, 3.05) is 0 Å². The largest absolute Gasteiger partial charge is 0.390 e. The minimum Gasteiger partial charge on any atom is -0.390 e. The van der Waals surface area contributed by atoms with Gasteiger partial charge >= 0.3 is 0 Å². The maximum atomic E-state index is 11.0. The Morgan fingerprint density at radius 2 is 1.44 bits per heavy atom. The normalized spacial score (nSPS) is 42.0. The summed E-state index contributed by atoms with van der Waals surface area (Å²) in [5.41, 5.74) is -0.505. The predicted octanol–water partition coefficient (Wildman–Crippen LogP) is 4.59. The van der Waals surface area contributed by atoms with Crippen LogP contribution >= 0.6 is 0 Å². The highest BCUT2D eigenvalue weighted by molar-refractivity contribution is 5.00. The van der Waals surface area contributed by atoms with Gasteiger partial charge in [-0.15, -0.1) is 0 Å². The topological polar surface area (TPSA) is 20.2 Å². The van der Waals surface area contributed by atoms with Crippen molar-refractivity contribution in [3.8, 4) is 0 Å². The van der Waals surface area contributed by atoms with Crippen LogP contribution in [0.5, 0.6) is 0 Å². The van der Waals surface area contributed by atoms with E-state index < -0.39 is 5.60 Å². The molecule has 0 aromatic rings. The summed E-state index contributed by atoms with van der Waals surface area (Å²) in [6.07, 6.45) is 1.18. The van der Waals surface area contributed by atoms with Crippen molar-refractivity contribution in [3.63, 3.8) is 0 Å². The van der Waals surface area contributed by atoms with Gasteiger partial charge in [-0.1, -0.05) is 48.5 Å². The molecule has 0 saturated heterocycles. The van der Waals surface area contributed by atoms with Crippen molar-refractivity contribution in [2.45, 2.75) is 67.4 Å². The highest BCUT2D eigenvalue weighted by Gasteiger charge is 2.51. The highest BCUT2D eigenvalue weighted by Crippen LogP contribution is 2.52. The number of aliphatic hydroxyl groups is 1. The maximum absolute atomic E-state index is 11.0. The zero-order valence-electron chi connectivity index (χ0n) is 13.7. The molecule has 108 valence electrons. The summed E-state index contributed by atoms with van der Waals surface area (Å²) in [6.45, 7) is 18.3. The molecule has 0 spiro atoms. The molecule has 0 radical (unpaired) electrons. The molecule has 5 atom stereocenters. The number of rotatable bonds is 3. The first-order chi connectivity index (χ1) is 8.10. The molecule has 1 rings (SSSR count). The van der Waals surface area contributed by atoms with Gasteiger partial charge in [0.25, 0.3) is 0 Å². The summed E-state index contributed by atoms with van der Waals surface area (Å²) in [5.74, 6) is 4.17. The molecule has 0 bridgehead atoms. The Bertz CT molecular complexity index is 265. The van der Waals surface area contributed by atoms with Gasteiger partial charge in [-0.3, -0.25) is 0 Å². The summed E-state index contributed by atoms with van der Waals surface area (Å²) in [7, 11) is 0. The Labute approximate surface area is 114 Å². The summed E-state index contributed by atoms with van der Waals surface area (Å²) in [6, 6.07) is 0. The molecule has 1 saturated carbocycles. The summed E-state index contributed by atoms with van der Waals surface area (Å²) >= 11 is 0. The summed E-state index contributed by atoms with van der Waals surface area (Å²) < 4.78 is 0. The second-order valence-electron chi connectivity index (χ2n) is 7.86. The van der Waals surface area contributed by atoms with E-state index in [1.165, 1.54) is 6.42 Å². The van der Waals surface area contributed by atoms with Crippen LogP contribution in [0.4, 0.5) is 0 Å². The molecule has 18 heavy (non-hydrogen) atoms. The van der Waals surface area contributed by atoms with Crippen molar-refractivity contribution >= 4 is 0 Å². The Morgan fingerprint density at radius 3 is 1.78 bits per heavy atom. The number of hydrogen-bond donors (Lipinski definition) is 1. The molecule has 1 fully saturated rings. The first-order valence-electron chi connectivity index (χ1n) is 7.83. The third kappa shape index (κ3) is 2.76. The number of hydrogen-bond acceptors (Lipinski definition) is 1. The lowest BCUT2D eigenvalue weighted by Crippen LogP contribution is -2.55. The van der Waals surface area contributed by atoms with E-state index in [0.717, 1.165) is 11.8 Å². The molecule has 0 heterocycles. The average molecular weight is 254 g/mol. The SMILES string of the molecule is CC(C)C1C(C(C)C)C(C)(O)C(C)C[C@@H]1C(C)C. The van der Waals surface area contributed by atoms with Gasteiger partial charge in [0.2, 0.25) is 0 Å². The third-order valence-corrected chi connectivity index (χ3v) is 5.55. The van der Waals surface area contributed by atoms with Crippen molar-refractivity contribution in [1.82, 2.24) is 0 Å². The van der Waals surface area contributed by atoms with Crippen LogP contribution in [0.2, 0.25) is 0 Å². The Morgan fingerprint density at radius 1 is 0.944 bits per heavy atom. The molecule has 1 nitrogen and oxygen atoms in total. The fourth-order valence-electron chi connectivity index (χ4n) is 4.53. The van der Waals surface area contributed by atoms with Crippen molar-refractivity contribution in [2.24, 2.45) is 41.4 Å². The quantitative estimate of drug-likeness (QED) is 0.781. The molecule has 1 N–H and O–H groups in total. The molecule has 1 aliphatic carbocycles. The zero-order chi connectivity index (χ0) is 14.2. The van der Waals surface area contributed by atoms with Crippen molar-refractivity contribution in [1.29, 1.82) is 0 Å². The van der Waals surface area contributed by atoms with Crippen LogP contribution in [0.15, 0.2) is 0 Å². The Hall–Kier alpha value is -0.0400. The lowest BCUT2D eigenvalue weighted by atomic mass is 9.53. The fraction of sp³-hybridized carbons (Fsp3) is 1.00. The van der Waals surface area contributed by atoms with Crippen LogP contribution < -0.4 is 0 Å². The monoisotopic (exact) mass is 254 g/mol. The van der Waals surface area contributed by atoms with Crippen LogP contribution in [0, 0.1) is 41.4 Å². The second-order valence-corrected chi connectivity index (χ2v) is 7.86. The molecule has 1 aliphatic rings. The van der Waals surface area contributed by atoms with Gasteiger partial charge in [-0.05, 0) is 54.8 Å². The van der Waals surface area contributed by atoms with E-state index in [-0.39, 0.29) is 0 Å². The smallest absolute Gasteiger partial charge is 0.0678 e. The van der Waals surface area contributed by atoms with Crippen molar-refractivity contribution in [3.05, 3.63) is 0 Å². The van der Waals surface area contributed by atoms with Crippen LogP contribution in [0.25, 0.3) is 0 Å². The molecular formula is C17H34O. The van der Waals surface area contributed by atoms with Crippen LogP contribution in [0.1, 0.15) is 61.8 Å². The van der Waals surface area contributed by atoms with Gasteiger partial charge < -0.3 is 5.11 Å². The van der Waals surface area contributed by atoms with Gasteiger partial charge in [-0.2, -0.15) is 0 Å². The first kappa shape index (κ1) is 16.0. The second kappa shape index (κ2) is 5.53. The molecule has 0 aliphatic heterocycles. The van der Waals surface area contributed by atoms with E-state index in [9.17, 15) is 5.11 Å². The van der Waals surface area contributed by atoms with Gasteiger partial charge in [0.15, 0.2) is 0 Å². The van der Waals surface area contributed by atoms with Crippen LogP contribution in [0.3, 0.4) is 0 Å². The molecule has 0 amide bonds.